The van der Waals surface area contributed by atoms with Crippen molar-refractivity contribution in [3.63, 3.8) is 0 Å². The molecule has 0 saturated heterocycles. The van der Waals surface area contributed by atoms with Crippen LogP contribution in [0.15, 0.2) is 36.4 Å². The van der Waals surface area contributed by atoms with Crippen molar-refractivity contribution in [2.24, 2.45) is 0 Å². The molecule has 0 aliphatic carbocycles. The molecule has 0 bridgehead atoms. The fourth-order valence-electron chi connectivity index (χ4n) is 2.07. The summed E-state index contributed by atoms with van der Waals surface area (Å²) in [6.07, 6.45) is 0.734. The van der Waals surface area contributed by atoms with Crippen molar-refractivity contribution in [3.8, 4) is 11.5 Å². The Bertz CT molecular complexity index is 911. The van der Waals surface area contributed by atoms with Crippen molar-refractivity contribution in [3.05, 3.63) is 59.2 Å². The van der Waals surface area contributed by atoms with E-state index in [0.717, 1.165) is 11.8 Å². The summed E-state index contributed by atoms with van der Waals surface area (Å²) in [5.74, 6) is -3.21. The zero-order valence-corrected chi connectivity index (χ0v) is 14.7. The normalized spacial score (nSPS) is 11.4. The predicted molar refractivity (Wildman–Crippen MR) is 89.3 cm³/mol. The fourth-order valence-corrected chi connectivity index (χ4v) is 2.52. The number of carbonyl (C=O) groups is 1. The van der Waals surface area contributed by atoms with Crippen LogP contribution in [0.2, 0.25) is 0 Å². The summed E-state index contributed by atoms with van der Waals surface area (Å²) >= 11 is 0. The average Bonchev–Trinajstić information content (AvgIpc) is 2.49. The molecule has 0 aromatic heterocycles. The third-order valence-electron chi connectivity index (χ3n) is 3.30. The number of halogens is 2. The molecular weight excluding hydrogens is 352 g/mol. The van der Waals surface area contributed by atoms with Gasteiger partial charge in [0, 0.05) is 6.07 Å². The number of rotatable bonds is 5. The molecular formula is C17H17F2NO4S. The molecule has 0 saturated carbocycles. The third kappa shape index (κ3) is 4.99. The summed E-state index contributed by atoms with van der Waals surface area (Å²) < 4.78 is 57.2. The van der Waals surface area contributed by atoms with Crippen LogP contribution in [-0.2, 0) is 10.0 Å². The second-order valence-electron chi connectivity index (χ2n) is 5.80. The molecule has 8 heteroatoms. The maximum atomic E-state index is 14.1. The Morgan fingerprint density at radius 1 is 1.12 bits per heavy atom. The third-order valence-corrected chi connectivity index (χ3v) is 3.85. The highest BCUT2D eigenvalue weighted by atomic mass is 32.2. The van der Waals surface area contributed by atoms with Crippen LogP contribution in [0.5, 0.6) is 11.5 Å². The van der Waals surface area contributed by atoms with Crippen LogP contribution in [0.3, 0.4) is 0 Å². The van der Waals surface area contributed by atoms with Gasteiger partial charge in [-0.15, -0.1) is 0 Å². The standard InChI is InChI=1S/C17H17F2NO4S/c1-10(2)11-5-4-6-12(7-11)24-16-9-14(18)13(8-15(16)19)17(21)20-25(3,22)23/h4-10H,1-3H3,(H,20,21). The zero-order chi connectivity index (χ0) is 18.8. The van der Waals surface area contributed by atoms with Crippen LogP contribution in [0.1, 0.15) is 35.7 Å². The molecule has 0 spiro atoms. The van der Waals surface area contributed by atoms with E-state index in [9.17, 15) is 22.0 Å². The van der Waals surface area contributed by atoms with Crippen LogP contribution in [-0.4, -0.2) is 20.6 Å². The molecule has 2 rings (SSSR count). The van der Waals surface area contributed by atoms with Crippen molar-refractivity contribution in [2.75, 3.05) is 6.26 Å². The lowest BCUT2D eigenvalue weighted by Crippen LogP contribution is -2.30. The Hall–Kier alpha value is -2.48. The van der Waals surface area contributed by atoms with Crippen LogP contribution in [0.4, 0.5) is 8.78 Å². The first-order valence-electron chi connectivity index (χ1n) is 7.36. The van der Waals surface area contributed by atoms with Crippen molar-refractivity contribution >= 4 is 15.9 Å². The quantitative estimate of drug-likeness (QED) is 0.875. The molecule has 0 radical (unpaired) electrons. The van der Waals surface area contributed by atoms with E-state index in [1.165, 1.54) is 0 Å². The van der Waals surface area contributed by atoms with Gasteiger partial charge in [-0.2, -0.15) is 0 Å². The van der Waals surface area contributed by atoms with Gasteiger partial charge in [-0.25, -0.2) is 21.9 Å². The van der Waals surface area contributed by atoms with Crippen molar-refractivity contribution < 1.29 is 26.7 Å². The minimum absolute atomic E-state index is 0.229. The Balaban J connectivity index is 2.31. The Morgan fingerprint density at radius 3 is 2.40 bits per heavy atom. The van der Waals surface area contributed by atoms with Crippen LogP contribution in [0.25, 0.3) is 0 Å². The molecule has 5 nitrogen and oxygen atoms in total. The SMILES string of the molecule is CC(C)c1cccc(Oc2cc(F)c(C(=O)NS(C)(=O)=O)cc2F)c1. The predicted octanol–water partition coefficient (Wildman–Crippen LogP) is 3.57. The average molecular weight is 369 g/mol. The maximum absolute atomic E-state index is 14.1. The van der Waals surface area contributed by atoms with Gasteiger partial charge < -0.3 is 4.74 Å². The van der Waals surface area contributed by atoms with Crippen molar-refractivity contribution in [1.82, 2.24) is 4.72 Å². The number of carbonyl (C=O) groups excluding carboxylic acids is 1. The number of nitrogens with one attached hydrogen (secondary N) is 1. The van der Waals surface area contributed by atoms with Gasteiger partial charge in [0.2, 0.25) is 10.0 Å². The van der Waals surface area contributed by atoms with E-state index in [0.29, 0.717) is 17.9 Å². The highest BCUT2D eigenvalue weighted by Gasteiger charge is 2.20. The van der Waals surface area contributed by atoms with Gasteiger partial charge in [0.15, 0.2) is 11.6 Å². The van der Waals surface area contributed by atoms with E-state index in [-0.39, 0.29) is 5.92 Å². The highest BCUT2D eigenvalue weighted by Crippen LogP contribution is 2.29. The lowest BCUT2D eigenvalue weighted by atomic mass is 10.0. The van der Waals surface area contributed by atoms with Gasteiger partial charge >= 0.3 is 0 Å². The summed E-state index contributed by atoms with van der Waals surface area (Å²) in [6, 6.07) is 8.20. The first-order chi connectivity index (χ1) is 11.6. The van der Waals surface area contributed by atoms with E-state index in [2.05, 4.69) is 0 Å². The molecule has 0 aliphatic heterocycles. The Kier molecular flexibility index (Phi) is 5.42. The Labute approximate surface area is 144 Å². The number of benzene rings is 2. The number of sulfonamides is 1. The molecule has 2 aromatic rings. The monoisotopic (exact) mass is 369 g/mol. The van der Waals surface area contributed by atoms with E-state index >= 15 is 0 Å². The maximum Gasteiger partial charge on any atom is 0.267 e. The van der Waals surface area contributed by atoms with Gasteiger partial charge in [0.1, 0.15) is 11.6 Å². The smallest absolute Gasteiger partial charge is 0.267 e. The highest BCUT2D eigenvalue weighted by molar-refractivity contribution is 7.89. The Morgan fingerprint density at radius 2 is 1.80 bits per heavy atom. The molecule has 1 N–H and O–H groups in total. The summed E-state index contributed by atoms with van der Waals surface area (Å²) in [6.45, 7) is 3.96. The molecule has 2 aromatic carbocycles. The topological polar surface area (TPSA) is 72.5 Å². The zero-order valence-electron chi connectivity index (χ0n) is 13.8. The molecule has 0 aliphatic rings. The second-order valence-corrected chi connectivity index (χ2v) is 7.54. The van der Waals surface area contributed by atoms with Gasteiger partial charge in [-0.1, -0.05) is 26.0 Å². The molecule has 0 fully saturated rings. The summed E-state index contributed by atoms with van der Waals surface area (Å²) in [7, 11) is -3.89. The van der Waals surface area contributed by atoms with Gasteiger partial charge in [-0.3, -0.25) is 4.79 Å². The van der Waals surface area contributed by atoms with Crippen LogP contribution < -0.4 is 9.46 Å². The largest absolute Gasteiger partial charge is 0.454 e. The van der Waals surface area contributed by atoms with Crippen molar-refractivity contribution in [1.29, 1.82) is 0 Å². The minimum Gasteiger partial charge on any atom is -0.454 e. The molecule has 0 heterocycles. The first kappa shape index (κ1) is 18.9. The van der Waals surface area contributed by atoms with E-state index < -0.39 is 38.9 Å². The fraction of sp³-hybridized carbons (Fsp3) is 0.235. The van der Waals surface area contributed by atoms with Gasteiger partial charge in [0.05, 0.1) is 11.8 Å². The molecule has 0 atom stereocenters. The van der Waals surface area contributed by atoms with Crippen LogP contribution >= 0.6 is 0 Å². The molecule has 1 amide bonds. The minimum atomic E-state index is -3.89. The van der Waals surface area contributed by atoms with E-state index in [1.54, 1.807) is 22.9 Å². The second kappa shape index (κ2) is 7.18. The van der Waals surface area contributed by atoms with Gasteiger partial charge in [0.25, 0.3) is 5.91 Å². The van der Waals surface area contributed by atoms with E-state index in [1.807, 2.05) is 19.9 Å². The number of hydrogen-bond donors (Lipinski definition) is 1. The van der Waals surface area contributed by atoms with Gasteiger partial charge in [-0.05, 0) is 29.7 Å². The number of amides is 1. The lowest BCUT2D eigenvalue weighted by molar-refractivity contribution is 0.0977. The lowest BCUT2D eigenvalue weighted by Gasteiger charge is -2.11. The molecule has 0 unspecified atom stereocenters. The van der Waals surface area contributed by atoms with E-state index in [4.69, 9.17) is 4.74 Å². The summed E-state index contributed by atoms with van der Waals surface area (Å²) in [4.78, 5) is 11.7. The number of hydrogen-bond acceptors (Lipinski definition) is 4. The van der Waals surface area contributed by atoms with Crippen LogP contribution in [0, 0.1) is 11.6 Å². The molecule has 25 heavy (non-hydrogen) atoms. The number of ether oxygens (including phenoxy) is 1. The summed E-state index contributed by atoms with van der Waals surface area (Å²) in [5, 5.41) is 0. The molecule has 134 valence electrons. The van der Waals surface area contributed by atoms with Crippen molar-refractivity contribution in [2.45, 2.75) is 19.8 Å². The summed E-state index contributed by atoms with van der Waals surface area (Å²) in [5.41, 5.74) is 0.230. The first-order valence-corrected chi connectivity index (χ1v) is 9.25.